The van der Waals surface area contributed by atoms with Crippen LogP contribution in [0.5, 0.6) is 28.7 Å². The van der Waals surface area contributed by atoms with Crippen molar-refractivity contribution < 1.29 is 34.0 Å². The van der Waals surface area contributed by atoms with Gasteiger partial charge in [0, 0.05) is 19.2 Å². The number of hydrogen-bond acceptors (Lipinski definition) is 7. The fraction of sp³-hybridized carbons (Fsp3) is 0.278. The van der Waals surface area contributed by atoms with E-state index in [1.54, 1.807) is 12.1 Å². The quantitative estimate of drug-likeness (QED) is 0.878. The molecule has 0 radical (unpaired) electrons. The molecule has 2 aromatic rings. The van der Waals surface area contributed by atoms with Crippen molar-refractivity contribution in [3.63, 3.8) is 0 Å². The van der Waals surface area contributed by atoms with Crippen LogP contribution in [0.15, 0.2) is 30.3 Å². The lowest BCUT2D eigenvalue weighted by Gasteiger charge is -2.32. The van der Waals surface area contributed by atoms with Crippen LogP contribution in [0.3, 0.4) is 0 Å². The summed E-state index contributed by atoms with van der Waals surface area (Å²) in [7, 11) is 4.27. The zero-order valence-corrected chi connectivity index (χ0v) is 14.0. The Balaban J connectivity index is 2.08. The molecule has 1 aliphatic rings. The van der Waals surface area contributed by atoms with Crippen LogP contribution in [-0.2, 0) is 4.74 Å². The van der Waals surface area contributed by atoms with E-state index in [0.717, 1.165) is 0 Å². The van der Waals surface area contributed by atoms with Gasteiger partial charge in [-0.1, -0.05) is 6.07 Å². The van der Waals surface area contributed by atoms with Crippen LogP contribution in [0.2, 0.25) is 0 Å². The normalized spacial score (nSPS) is 19.1. The number of rotatable bonds is 4. The smallest absolute Gasteiger partial charge is 0.203 e. The van der Waals surface area contributed by atoms with Crippen LogP contribution in [0.25, 0.3) is 0 Å². The zero-order valence-electron chi connectivity index (χ0n) is 14.0. The number of methoxy groups -OCH3 is 3. The van der Waals surface area contributed by atoms with Gasteiger partial charge in [0.05, 0.1) is 14.2 Å². The summed E-state index contributed by atoms with van der Waals surface area (Å²) < 4.78 is 21.3. The zero-order chi connectivity index (χ0) is 18.1. The highest BCUT2D eigenvalue weighted by atomic mass is 16.5. The van der Waals surface area contributed by atoms with Gasteiger partial charge >= 0.3 is 0 Å². The van der Waals surface area contributed by atoms with Crippen LogP contribution in [0.1, 0.15) is 22.0 Å². The second-order valence-corrected chi connectivity index (χ2v) is 5.51. The van der Waals surface area contributed by atoms with Gasteiger partial charge in [-0.3, -0.25) is 4.79 Å². The number of hydrogen-bond donors (Lipinski definition) is 2. The maximum Gasteiger partial charge on any atom is 0.203 e. The molecular formula is C18H18O7. The van der Waals surface area contributed by atoms with Crippen molar-refractivity contribution in [2.24, 2.45) is 0 Å². The molecule has 7 nitrogen and oxygen atoms in total. The number of Topliss-reactive ketones (excluding diaryl/α,β-unsaturated/α-hetero) is 1. The van der Waals surface area contributed by atoms with Gasteiger partial charge < -0.3 is 29.2 Å². The van der Waals surface area contributed by atoms with Gasteiger partial charge in [-0.15, -0.1) is 0 Å². The molecule has 2 N–H and O–H groups in total. The van der Waals surface area contributed by atoms with Crippen molar-refractivity contribution >= 4 is 5.78 Å². The highest BCUT2D eigenvalue weighted by Crippen LogP contribution is 2.43. The number of carbonyl (C=O) groups excluding carboxylic acids is 1. The number of fused-ring (bicyclic) bond motifs is 1. The molecule has 0 aromatic heterocycles. The molecular weight excluding hydrogens is 328 g/mol. The number of aromatic hydroxyl groups is 2. The summed E-state index contributed by atoms with van der Waals surface area (Å²) in [5.74, 6) is 0.123. The largest absolute Gasteiger partial charge is 0.507 e. The maximum absolute atomic E-state index is 12.8. The predicted octanol–water partition coefficient (Wildman–Crippen LogP) is 2.45. The lowest BCUT2D eigenvalue weighted by molar-refractivity contribution is -0.00116. The minimum atomic E-state index is -0.973. The summed E-state index contributed by atoms with van der Waals surface area (Å²) in [5, 5.41) is 20.1. The van der Waals surface area contributed by atoms with E-state index in [9.17, 15) is 15.0 Å². The number of phenols is 2. The monoisotopic (exact) mass is 346 g/mol. The Labute approximate surface area is 144 Å². The Bertz CT molecular complexity index is 815. The molecule has 0 fully saturated rings. The van der Waals surface area contributed by atoms with E-state index in [1.807, 2.05) is 0 Å². The molecule has 0 saturated carbocycles. The summed E-state index contributed by atoms with van der Waals surface area (Å²) in [4.78, 5) is 12.8. The molecule has 0 amide bonds. The van der Waals surface area contributed by atoms with Crippen molar-refractivity contribution in [3.05, 3.63) is 41.5 Å². The van der Waals surface area contributed by atoms with Crippen molar-refractivity contribution in [2.75, 3.05) is 21.3 Å². The summed E-state index contributed by atoms with van der Waals surface area (Å²) in [6, 6.07) is 7.56. The van der Waals surface area contributed by atoms with Gasteiger partial charge in [-0.2, -0.15) is 0 Å². The second-order valence-electron chi connectivity index (χ2n) is 5.51. The molecule has 0 unspecified atom stereocenters. The molecule has 132 valence electrons. The van der Waals surface area contributed by atoms with E-state index < -0.39 is 18.0 Å². The fourth-order valence-electron chi connectivity index (χ4n) is 2.87. The van der Waals surface area contributed by atoms with E-state index in [1.165, 1.54) is 39.5 Å². The molecule has 2 atom stereocenters. The van der Waals surface area contributed by atoms with E-state index in [-0.39, 0.29) is 22.8 Å². The fourth-order valence-corrected chi connectivity index (χ4v) is 2.87. The third-order valence-corrected chi connectivity index (χ3v) is 4.11. The average Bonchev–Trinajstić information content (AvgIpc) is 2.60. The molecule has 0 spiro atoms. The Morgan fingerprint density at radius 2 is 1.76 bits per heavy atom. The number of benzene rings is 2. The third-order valence-electron chi connectivity index (χ3n) is 4.11. The molecule has 2 aromatic carbocycles. The topological polar surface area (TPSA) is 94.5 Å². The average molecular weight is 346 g/mol. The van der Waals surface area contributed by atoms with Gasteiger partial charge in [0.15, 0.2) is 23.7 Å². The Hall–Kier alpha value is -2.93. The molecule has 25 heavy (non-hydrogen) atoms. The molecule has 1 heterocycles. The van der Waals surface area contributed by atoms with Crippen molar-refractivity contribution in [3.8, 4) is 28.7 Å². The first-order valence-corrected chi connectivity index (χ1v) is 7.51. The van der Waals surface area contributed by atoms with Crippen LogP contribution in [-0.4, -0.2) is 43.4 Å². The van der Waals surface area contributed by atoms with Gasteiger partial charge in [0.1, 0.15) is 22.8 Å². The Kier molecular flexibility index (Phi) is 4.41. The van der Waals surface area contributed by atoms with Crippen molar-refractivity contribution in [1.29, 1.82) is 0 Å². The van der Waals surface area contributed by atoms with Crippen LogP contribution >= 0.6 is 0 Å². The van der Waals surface area contributed by atoms with E-state index in [0.29, 0.717) is 17.1 Å². The second kappa shape index (κ2) is 6.52. The lowest BCUT2D eigenvalue weighted by Crippen LogP contribution is -2.37. The van der Waals surface area contributed by atoms with Crippen LogP contribution in [0.4, 0.5) is 0 Å². The van der Waals surface area contributed by atoms with Crippen LogP contribution < -0.4 is 14.2 Å². The molecule has 7 heteroatoms. The maximum atomic E-state index is 12.8. The first-order valence-electron chi connectivity index (χ1n) is 7.51. The molecule has 1 aliphatic heterocycles. The standard InChI is InChI=1S/C18H18O7/c1-22-10-7-12(20)15-14(8-10)25-17(18(24-3)16(15)21)9-4-5-13(23-2)11(19)6-9/h4-8,17-20H,1-3H3/t17-,18+/m1/s1. The highest BCUT2D eigenvalue weighted by Gasteiger charge is 2.40. The minimum Gasteiger partial charge on any atom is -0.507 e. The molecule has 0 bridgehead atoms. The van der Waals surface area contributed by atoms with Gasteiger partial charge in [-0.25, -0.2) is 0 Å². The first kappa shape index (κ1) is 16.9. The Morgan fingerprint density at radius 3 is 2.36 bits per heavy atom. The molecule has 0 aliphatic carbocycles. The highest BCUT2D eigenvalue weighted by molar-refractivity contribution is 6.05. The lowest BCUT2D eigenvalue weighted by atomic mass is 9.92. The SMILES string of the molecule is COc1cc(O)c2c(c1)O[C@H](c1ccc(OC)c(O)c1)[C@@H](OC)C2=O. The third kappa shape index (κ3) is 2.83. The van der Waals surface area contributed by atoms with Gasteiger partial charge in [0.2, 0.25) is 5.78 Å². The summed E-state index contributed by atoms with van der Waals surface area (Å²) in [6.45, 7) is 0. The molecule has 0 saturated heterocycles. The van der Waals surface area contributed by atoms with Gasteiger partial charge in [-0.05, 0) is 17.7 Å². The first-order chi connectivity index (χ1) is 12.0. The summed E-state index contributed by atoms with van der Waals surface area (Å²) in [6.07, 6.45) is -1.77. The predicted molar refractivity (Wildman–Crippen MR) is 87.8 cm³/mol. The number of ether oxygens (including phenoxy) is 4. The summed E-state index contributed by atoms with van der Waals surface area (Å²) in [5.41, 5.74) is 0.577. The Morgan fingerprint density at radius 1 is 1.00 bits per heavy atom. The summed E-state index contributed by atoms with van der Waals surface area (Å²) >= 11 is 0. The minimum absolute atomic E-state index is 0.0432. The number of phenolic OH excluding ortho intramolecular Hbond substituents is 2. The molecule has 3 rings (SSSR count). The van der Waals surface area contributed by atoms with Crippen molar-refractivity contribution in [1.82, 2.24) is 0 Å². The number of carbonyl (C=O) groups is 1. The van der Waals surface area contributed by atoms with E-state index >= 15 is 0 Å². The number of ketones is 1. The van der Waals surface area contributed by atoms with E-state index in [2.05, 4.69) is 0 Å². The van der Waals surface area contributed by atoms with Gasteiger partial charge in [0.25, 0.3) is 0 Å². The van der Waals surface area contributed by atoms with Crippen molar-refractivity contribution in [2.45, 2.75) is 12.2 Å². The van der Waals surface area contributed by atoms with E-state index in [4.69, 9.17) is 18.9 Å². The van der Waals surface area contributed by atoms with Crippen LogP contribution in [0, 0.1) is 0 Å².